The summed E-state index contributed by atoms with van der Waals surface area (Å²) in [7, 11) is 0. The number of hydrogen-bond donors (Lipinski definition) is 0. The molecule has 3 heteroatoms. The lowest BCUT2D eigenvalue weighted by Gasteiger charge is -2.16. The first-order valence-corrected chi connectivity index (χ1v) is 7.77. The van der Waals surface area contributed by atoms with Gasteiger partial charge in [-0.3, -0.25) is 14.5 Å². The van der Waals surface area contributed by atoms with Gasteiger partial charge in [0.2, 0.25) is 11.8 Å². The normalized spacial score (nSPS) is 35.5. The van der Waals surface area contributed by atoms with Gasteiger partial charge in [-0.15, -0.1) is 0 Å². The first-order chi connectivity index (χ1) is 9.24. The minimum absolute atomic E-state index is 0.0156. The molecule has 3 aliphatic rings. The number of carbonyl (C=O) groups excluding carboxylic acids is 2. The Morgan fingerprint density at radius 2 is 1.58 bits per heavy atom. The number of unbranched alkanes of at least 4 members (excludes halogenated alkanes) is 4. The molecule has 0 aromatic heterocycles. The summed E-state index contributed by atoms with van der Waals surface area (Å²) in [4.78, 5) is 26.3. The molecule has 2 aliphatic carbocycles. The average molecular weight is 261 g/mol. The fourth-order valence-electron chi connectivity index (χ4n) is 4.06. The molecule has 0 aromatic carbocycles. The van der Waals surface area contributed by atoms with E-state index in [-0.39, 0.29) is 23.7 Å². The zero-order valence-electron chi connectivity index (χ0n) is 11.7. The van der Waals surface area contributed by atoms with Crippen LogP contribution in [0.25, 0.3) is 0 Å². The molecule has 2 bridgehead atoms. The maximum Gasteiger partial charge on any atom is 0.233 e. The number of amides is 2. The summed E-state index contributed by atoms with van der Waals surface area (Å²) in [6.07, 6.45) is 11.1. The Morgan fingerprint density at radius 1 is 1.00 bits per heavy atom. The van der Waals surface area contributed by atoms with Crippen LogP contribution in [0.3, 0.4) is 0 Å². The quantitative estimate of drug-likeness (QED) is 0.419. The van der Waals surface area contributed by atoms with Gasteiger partial charge in [0.15, 0.2) is 0 Å². The van der Waals surface area contributed by atoms with Gasteiger partial charge in [-0.25, -0.2) is 0 Å². The number of allylic oxidation sites excluding steroid dienone is 2. The van der Waals surface area contributed by atoms with Crippen molar-refractivity contribution in [3.05, 3.63) is 12.2 Å². The Hall–Kier alpha value is -1.12. The molecule has 4 atom stereocenters. The van der Waals surface area contributed by atoms with Crippen molar-refractivity contribution in [2.45, 2.75) is 45.4 Å². The van der Waals surface area contributed by atoms with Gasteiger partial charge in [-0.1, -0.05) is 44.8 Å². The van der Waals surface area contributed by atoms with Crippen LogP contribution in [0.2, 0.25) is 0 Å². The summed E-state index contributed by atoms with van der Waals surface area (Å²) in [6.45, 7) is 2.84. The molecule has 4 unspecified atom stereocenters. The summed E-state index contributed by atoms with van der Waals surface area (Å²) in [5.41, 5.74) is 0. The topological polar surface area (TPSA) is 37.4 Å². The molecule has 0 aromatic rings. The second-order valence-electron chi connectivity index (χ2n) is 6.24. The van der Waals surface area contributed by atoms with E-state index >= 15 is 0 Å². The molecule has 0 N–H and O–H groups in total. The van der Waals surface area contributed by atoms with Crippen LogP contribution in [0.15, 0.2) is 12.2 Å². The van der Waals surface area contributed by atoms with Crippen molar-refractivity contribution in [3.63, 3.8) is 0 Å². The molecule has 3 rings (SSSR count). The van der Waals surface area contributed by atoms with Gasteiger partial charge in [0.1, 0.15) is 0 Å². The molecule has 1 aliphatic heterocycles. The first kappa shape index (κ1) is 12.9. The van der Waals surface area contributed by atoms with E-state index in [9.17, 15) is 9.59 Å². The Kier molecular flexibility index (Phi) is 3.46. The maximum atomic E-state index is 12.4. The second kappa shape index (κ2) is 5.10. The molecule has 19 heavy (non-hydrogen) atoms. The minimum Gasteiger partial charge on any atom is -0.282 e. The molecular weight excluding hydrogens is 238 g/mol. The van der Waals surface area contributed by atoms with Crippen LogP contribution in [0.1, 0.15) is 45.4 Å². The monoisotopic (exact) mass is 261 g/mol. The van der Waals surface area contributed by atoms with Crippen molar-refractivity contribution in [1.29, 1.82) is 0 Å². The maximum absolute atomic E-state index is 12.4. The van der Waals surface area contributed by atoms with Crippen molar-refractivity contribution in [2.24, 2.45) is 23.7 Å². The SMILES string of the molecule is CCCCCCCN1C(=O)C2C3C=CC(C3)C2C1=O. The van der Waals surface area contributed by atoms with Gasteiger partial charge >= 0.3 is 0 Å². The molecule has 1 heterocycles. The zero-order valence-corrected chi connectivity index (χ0v) is 11.7. The lowest BCUT2D eigenvalue weighted by Crippen LogP contribution is -2.33. The van der Waals surface area contributed by atoms with Crippen molar-refractivity contribution < 1.29 is 9.59 Å². The van der Waals surface area contributed by atoms with Crippen LogP contribution in [-0.4, -0.2) is 23.3 Å². The van der Waals surface area contributed by atoms with Crippen LogP contribution >= 0.6 is 0 Å². The van der Waals surface area contributed by atoms with Crippen molar-refractivity contribution in [1.82, 2.24) is 4.90 Å². The second-order valence-corrected chi connectivity index (χ2v) is 6.24. The molecular formula is C16H23NO2. The first-order valence-electron chi connectivity index (χ1n) is 7.77. The van der Waals surface area contributed by atoms with Crippen LogP contribution < -0.4 is 0 Å². The highest BCUT2D eigenvalue weighted by atomic mass is 16.2. The Bertz CT molecular complexity index is 385. The fourth-order valence-corrected chi connectivity index (χ4v) is 4.06. The van der Waals surface area contributed by atoms with Crippen LogP contribution in [0, 0.1) is 23.7 Å². The number of nitrogens with zero attached hydrogens (tertiary/aromatic N) is 1. The zero-order chi connectivity index (χ0) is 13.4. The van der Waals surface area contributed by atoms with E-state index in [0.29, 0.717) is 18.4 Å². The van der Waals surface area contributed by atoms with E-state index in [2.05, 4.69) is 19.1 Å². The molecule has 0 spiro atoms. The van der Waals surface area contributed by atoms with Gasteiger partial charge in [-0.2, -0.15) is 0 Å². The highest BCUT2D eigenvalue weighted by Crippen LogP contribution is 2.52. The van der Waals surface area contributed by atoms with E-state index in [1.807, 2.05) is 0 Å². The van der Waals surface area contributed by atoms with Gasteiger partial charge in [0, 0.05) is 6.54 Å². The summed E-state index contributed by atoms with van der Waals surface area (Å²) in [5, 5.41) is 0. The number of likely N-dealkylation sites (tertiary alicyclic amines) is 1. The van der Waals surface area contributed by atoms with Gasteiger partial charge in [-0.05, 0) is 24.7 Å². The van der Waals surface area contributed by atoms with E-state index in [4.69, 9.17) is 0 Å². The van der Waals surface area contributed by atoms with Crippen molar-refractivity contribution in [2.75, 3.05) is 6.54 Å². The Morgan fingerprint density at radius 3 is 2.16 bits per heavy atom. The molecule has 3 nitrogen and oxygen atoms in total. The third-order valence-corrected chi connectivity index (χ3v) is 5.05. The van der Waals surface area contributed by atoms with E-state index in [1.54, 1.807) is 4.90 Å². The lowest BCUT2D eigenvalue weighted by atomic mass is 9.85. The summed E-state index contributed by atoms with van der Waals surface area (Å²) < 4.78 is 0. The third-order valence-electron chi connectivity index (χ3n) is 5.05. The largest absolute Gasteiger partial charge is 0.282 e. The van der Waals surface area contributed by atoms with Gasteiger partial charge < -0.3 is 0 Å². The summed E-state index contributed by atoms with van der Waals surface area (Å²) >= 11 is 0. The van der Waals surface area contributed by atoms with E-state index in [1.165, 1.54) is 19.3 Å². The standard InChI is InChI=1S/C16H23NO2/c1-2-3-4-5-6-9-17-15(18)13-11-7-8-12(10-11)14(13)16(17)19/h7-8,11-14H,2-6,9-10H2,1H3. The Labute approximate surface area is 115 Å². The van der Waals surface area contributed by atoms with Gasteiger partial charge in [0.05, 0.1) is 11.8 Å². The highest BCUT2D eigenvalue weighted by Gasteiger charge is 2.58. The van der Waals surface area contributed by atoms with E-state index < -0.39 is 0 Å². The predicted octanol–water partition coefficient (Wildman–Crippen LogP) is 2.76. The summed E-state index contributed by atoms with van der Waals surface area (Å²) in [6, 6.07) is 0. The van der Waals surface area contributed by atoms with Gasteiger partial charge in [0.25, 0.3) is 0 Å². The number of carbonyl (C=O) groups is 2. The average Bonchev–Trinajstić information content (AvgIpc) is 3.06. The van der Waals surface area contributed by atoms with Crippen molar-refractivity contribution >= 4 is 11.8 Å². The molecule has 0 radical (unpaired) electrons. The molecule has 2 fully saturated rings. The lowest BCUT2D eigenvalue weighted by molar-refractivity contribution is -0.140. The summed E-state index contributed by atoms with van der Waals surface area (Å²) in [5.74, 6) is 0.883. The smallest absolute Gasteiger partial charge is 0.233 e. The number of hydrogen-bond acceptors (Lipinski definition) is 2. The molecule has 1 saturated heterocycles. The molecule has 2 amide bonds. The number of fused-ring (bicyclic) bond motifs is 5. The van der Waals surface area contributed by atoms with Crippen LogP contribution in [0.4, 0.5) is 0 Å². The van der Waals surface area contributed by atoms with E-state index in [0.717, 1.165) is 19.3 Å². The predicted molar refractivity (Wildman–Crippen MR) is 73.2 cm³/mol. The van der Waals surface area contributed by atoms with Crippen LogP contribution in [-0.2, 0) is 9.59 Å². The minimum atomic E-state index is -0.0156. The molecule has 104 valence electrons. The fraction of sp³-hybridized carbons (Fsp3) is 0.750. The number of imide groups is 1. The Balaban J connectivity index is 1.57. The van der Waals surface area contributed by atoms with Crippen molar-refractivity contribution in [3.8, 4) is 0 Å². The highest BCUT2D eigenvalue weighted by molar-refractivity contribution is 6.06. The number of rotatable bonds is 6. The van der Waals surface area contributed by atoms with Crippen LogP contribution in [0.5, 0.6) is 0 Å². The molecule has 1 saturated carbocycles. The third kappa shape index (κ3) is 2.03.